The van der Waals surface area contributed by atoms with Crippen molar-refractivity contribution in [1.29, 1.82) is 0 Å². The Hall–Kier alpha value is 0.110. The number of aromatic nitrogens is 1. The summed E-state index contributed by atoms with van der Waals surface area (Å²) in [5.74, 6) is 0. The third kappa shape index (κ3) is 2.30. The van der Waals surface area contributed by atoms with Crippen molar-refractivity contribution < 1.29 is 0 Å². The van der Waals surface area contributed by atoms with Crippen molar-refractivity contribution in [2.45, 2.75) is 26.2 Å². The molecule has 0 radical (unpaired) electrons. The molecule has 0 spiro atoms. The summed E-state index contributed by atoms with van der Waals surface area (Å²) < 4.78 is 1.87. The molecular formula is C9H11Br2N. The van der Waals surface area contributed by atoms with Crippen LogP contribution in [0.1, 0.15) is 26.3 Å². The lowest BCUT2D eigenvalue weighted by atomic mass is 9.88. The first kappa shape index (κ1) is 10.2. The zero-order chi connectivity index (χ0) is 9.35. The number of nitrogens with zero attached hydrogens (tertiary/aromatic N) is 1. The van der Waals surface area contributed by atoms with Gasteiger partial charge in [0.1, 0.15) is 4.60 Å². The average Bonchev–Trinajstić information content (AvgIpc) is 1.92. The van der Waals surface area contributed by atoms with Crippen LogP contribution in [-0.4, -0.2) is 4.98 Å². The number of rotatable bonds is 0. The van der Waals surface area contributed by atoms with Gasteiger partial charge in [-0.2, -0.15) is 0 Å². The molecular weight excluding hydrogens is 282 g/mol. The van der Waals surface area contributed by atoms with Crippen LogP contribution in [-0.2, 0) is 5.41 Å². The Balaban J connectivity index is 3.14. The van der Waals surface area contributed by atoms with Gasteiger partial charge < -0.3 is 0 Å². The van der Waals surface area contributed by atoms with E-state index in [0.717, 1.165) is 9.08 Å². The minimum Gasteiger partial charge on any atom is -0.248 e. The molecule has 0 saturated carbocycles. The predicted octanol–water partition coefficient (Wildman–Crippen LogP) is 3.90. The highest BCUT2D eigenvalue weighted by Gasteiger charge is 2.14. The molecule has 1 heterocycles. The SMILES string of the molecule is CC(C)(C)c1cnc(Br)c(Br)c1. The maximum Gasteiger partial charge on any atom is 0.120 e. The molecule has 0 aromatic carbocycles. The van der Waals surface area contributed by atoms with E-state index in [-0.39, 0.29) is 5.41 Å². The quantitative estimate of drug-likeness (QED) is 0.661. The van der Waals surface area contributed by atoms with E-state index in [1.165, 1.54) is 5.56 Å². The molecule has 0 aliphatic carbocycles. The van der Waals surface area contributed by atoms with Gasteiger partial charge in [0, 0.05) is 6.20 Å². The topological polar surface area (TPSA) is 12.9 Å². The van der Waals surface area contributed by atoms with Gasteiger partial charge in [0.25, 0.3) is 0 Å². The average molecular weight is 293 g/mol. The summed E-state index contributed by atoms with van der Waals surface area (Å²) in [5.41, 5.74) is 1.40. The van der Waals surface area contributed by atoms with Crippen LogP contribution < -0.4 is 0 Å². The highest BCUT2D eigenvalue weighted by Crippen LogP contribution is 2.27. The largest absolute Gasteiger partial charge is 0.248 e. The van der Waals surface area contributed by atoms with Gasteiger partial charge in [0.15, 0.2) is 0 Å². The first-order valence-corrected chi connectivity index (χ1v) is 5.31. The number of hydrogen-bond acceptors (Lipinski definition) is 1. The van der Waals surface area contributed by atoms with Gasteiger partial charge in [-0.3, -0.25) is 0 Å². The Morgan fingerprint density at radius 1 is 1.25 bits per heavy atom. The van der Waals surface area contributed by atoms with Crippen molar-refractivity contribution in [3.8, 4) is 0 Å². The van der Waals surface area contributed by atoms with Crippen molar-refractivity contribution in [2.75, 3.05) is 0 Å². The lowest BCUT2D eigenvalue weighted by molar-refractivity contribution is 0.586. The first-order valence-electron chi connectivity index (χ1n) is 3.73. The van der Waals surface area contributed by atoms with Crippen molar-refractivity contribution >= 4 is 31.9 Å². The summed E-state index contributed by atoms with van der Waals surface area (Å²) in [7, 11) is 0. The van der Waals surface area contributed by atoms with Gasteiger partial charge in [-0.15, -0.1) is 0 Å². The molecule has 0 amide bonds. The highest BCUT2D eigenvalue weighted by atomic mass is 79.9. The molecule has 0 aliphatic rings. The van der Waals surface area contributed by atoms with E-state index in [1.54, 1.807) is 0 Å². The van der Waals surface area contributed by atoms with Gasteiger partial charge in [0.2, 0.25) is 0 Å². The molecule has 1 nitrogen and oxygen atoms in total. The normalized spacial score (nSPS) is 11.8. The van der Waals surface area contributed by atoms with E-state index in [4.69, 9.17) is 0 Å². The molecule has 1 aromatic heterocycles. The number of hydrogen-bond donors (Lipinski definition) is 0. The van der Waals surface area contributed by atoms with E-state index >= 15 is 0 Å². The zero-order valence-corrected chi connectivity index (χ0v) is 10.5. The zero-order valence-electron chi connectivity index (χ0n) is 7.36. The summed E-state index contributed by atoms with van der Waals surface area (Å²) in [6, 6.07) is 2.09. The van der Waals surface area contributed by atoms with Crippen LogP contribution in [0.2, 0.25) is 0 Å². The Morgan fingerprint density at radius 2 is 1.83 bits per heavy atom. The molecule has 0 fully saturated rings. The number of pyridine rings is 1. The van der Waals surface area contributed by atoms with Crippen LogP contribution in [0.4, 0.5) is 0 Å². The van der Waals surface area contributed by atoms with E-state index in [1.807, 2.05) is 6.20 Å². The van der Waals surface area contributed by atoms with Crippen LogP contribution in [0, 0.1) is 0 Å². The van der Waals surface area contributed by atoms with Crippen LogP contribution >= 0.6 is 31.9 Å². The van der Waals surface area contributed by atoms with Gasteiger partial charge in [0.05, 0.1) is 4.47 Å². The molecule has 0 N–H and O–H groups in total. The van der Waals surface area contributed by atoms with E-state index in [9.17, 15) is 0 Å². The van der Waals surface area contributed by atoms with E-state index in [0.29, 0.717) is 0 Å². The minimum absolute atomic E-state index is 0.163. The summed E-state index contributed by atoms with van der Waals surface area (Å²) >= 11 is 6.77. The lowest BCUT2D eigenvalue weighted by Crippen LogP contribution is -2.11. The Bertz CT molecular complexity index is 289. The maximum absolute atomic E-state index is 4.21. The standard InChI is InChI=1S/C9H11Br2N/c1-9(2,3)6-4-7(10)8(11)12-5-6/h4-5H,1-3H3. The smallest absolute Gasteiger partial charge is 0.120 e. The van der Waals surface area contributed by atoms with Gasteiger partial charge in [-0.05, 0) is 48.9 Å². The molecule has 0 saturated heterocycles. The molecule has 1 rings (SSSR count). The molecule has 0 bridgehead atoms. The first-order chi connectivity index (χ1) is 5.41. The Labute approximate surface area is 89.8 Å². The Kier molecular flexibility index (Phi) is 2.94. The second-order valence-corrected chi connectivity index (χ2v) is 5.35. The fourth-order valence-electron chi connectivity index (χ4n) is 0.831. The van der Waals surface area contributed by atoms with E-state index in [2.05, 4.69) is 63.7 Å². The van der Waals surface area contributed by atoms with Gasteiger partial charge in [-0.25, -0.2) is 4.98 Å². The second-order valence-electron chi connectivity index (χ2n) is 3.75. The van der Waals surface area contributed by atoms with Crippen molar-refractivity contribution in [3.05, 3.63) is 26.9 Å². The minimum atomic E-state index is 0.163. The molecule has 3 heteroatoms. The third-order valence-electron chi connectivity index (χ3n) is 1.66. The number of halogens is 2. The van der Waals surface area contributed by atoms with Crippen LogP contribution in [0.5, 0.6) is 0 Å². The third-order valence-corrected chi connectivity index (χ3v) is 3.43. The molecule has 0 unspecified atom stereocenters. The monoisotopic (exact) mass is 291 g/mol. The highest BCUT2D eigenvalue weighted by molar-refractivity contribution is 9.13. The fraction of sp³-hybridized carbons (Fsp3) is 0.444. The van der Waals surface area contributed by atoms with Crippen molar-refractivity contribution in [3.63, 3.8) is 0 Å². The van der Waals surface area contributed by atoms with E-state index < -0.39 is 0 Å². The molecule has 12 heavy (non-hydrogen) atoms. The molecule has 0 atom stereocenters. The summed E-state index contributed by atoms with van der Waals surface area (Å²) in [4.78, 5) is 4.21. The Morgan fingerprint density at radius 3 is 2.25 bits per heavy atom. The van der Waals surface area contributed by atoms with Crippen LogP contribution in [0.3, 0.4) is 0 Å². The predicted molar refractivity (Wildman–Crippen MR) is 58.3 cm³/mol. The lowest BCUT2D eigenvalue weighted by Gasteiger charge is -2.18. The molecule has 0 aliphatic heterocycles. The van der Waals surface area contributed by atoms with Gasteiger partial charge in [-0.1, -0.05) is 20.8 Å². The summed E-state index contributed by atoms with van der Waals surface area (Å²) in [6.07, 6.45) is 1.90. The summed E-state index contributed by atoms with van der Waals surface area (Å²) in [5, 5.41) is 0. The van der Waals surface area contributed by atoms with Crippen LogP contribution in [0.25, 0.3) is 0 Å². The second kappa shape index (κ2) is 3.46. The summed E-state index contributed by atoms with van der Waals surface area (Å²) in [6.45, 7) is 6.51. The molecule has 66 valence electrons. The maximum atomic E-state index is 4.21. The fourth-order valence-corrected chi connectivity index (χ4v) is 1.40. The van der Waals surface area contributed by atoms with Crippen molar-refractivity contribution in [2.24, 2.45) is 0 Å². The van der Waals surface area contributed by atoms with Gasteiger partial charge >= 0.3 is 0 Å². The van der Waals surface area contributed by atoms with Crippen molar-refractivity contribution in [1.82, 2.24) is 4.98 Å². The van der Waals surface area contributed by atoms with Crippen LogP contribution in [0.15, 0.2) is 21.3 Å². The molecule has 1 aromatic rings.